The van der Waals surface area contributed by atoms with Crippen LogP contribution in [0.1, 0.15) is 16.7 Å². The summed E-state index contributed by atoms with van der Waals surface area (Å²) in [6, 6.07) is 29.6. The van der Waals surface area contributed by atoms with Crippen LogP contribution in [-0.4, -0.2) is 11.1 Å². The maximum Gasteiger partial charge on any atom is 0.166 e. The van der Waals surface area contributed by atoms with E-state index >= 15 is 0 Å². The number of benzene rings is 3. The highest BCUT2D eigenvalue weighted by Crippen LogP contribution is 2.32. The van der Waals surface area contributed by atoms with E-state index in [2.05, 4.69) is 17.9 Å². The summed E-state index contributed by atoms with van der Waals surface area (Å²) in [5.74, 6) is 0. The summed E-state index contributed by atoms with van der Waals surface area (Å²) >= 11 is 0. The van der Waals surface area contributed by atoms with Crippen molar-refractivity contribution in [1.29, 1.82) is 0 Å². The highest BCUT2D eigenvalue weighted by molar-refractivity contribution is 5.38. The van der Waals surface area contributed by atoms with E-state index in [1.54, 1.807) is 0 Å². The van der Waals surface area contributed by atoms with Gasteiger partial charge in [0.25, 0.3) is 0 Å². The molecule has 0 bridgehead atoms. The molecule has 0 saturated carbocycles. The molecule has 0 aromatic heterocycles. The summed E-state index contributed by atoms with van der Waals surface area (Å²) in [5, 5.41) is 11.6. The minimum atomic E-state index is -1.11. The Morgan fingerprint density at radius 1 is 0.696 bits per heavy atom. The Balaban J connectivity index is 2.02. The van der Waals surface area contributed by atoms with Crippen LogP contribution in [-0.2, 0) is 12.0 Å². The van der Waals surface area contributed by atoms with Gasteiger partial charge in [-0.2, -0.15) is 0 Å². The van der Waals surface area contributed by atoms with E-state index in [0.29, 0.717) is 6.42 Å². The zero-order chi connectivity index (χ0) is 16.1. The van der Waals surface area contributed by atoms with Crippen molar-refractivity contribution >= 4 is 0 Å². The van der Waals surface area contributed by atoms with Gasteiger partial charge >= 0.3 is 0 Å². The van der Waals surface area contributed by atoms with Crippen molar-refractivity contribution in [1.82, 2.24) is 0 Å². The van der Waals surface area contributed by atoms with Crippen molar-refractivity contribution in [3.8, 4) is 0 Å². The van der Waals surface area contributed by atoms with Gasteiger partial charge in [-0.1, -0.05) is 91.0 Å². The Morgan fingerprint density at radius 3 is 1.52 bits per heavy atom. The van der Waals surface area contributed by atoms with Gasteiger partial charge in [0.2, 0.25) is 0 Å². The molecule has 0 aliphatic carbocycles. The third kappa shape index (κ3) is 3.19. The fourth-order valence-corrected chi connectivity index (χ4v) is 3.07. The molecule has 0 aliphatic rings. The van der Waals surface area contributed by atoms with Crippen LogP contribution in [0.3, 0.4) is 0 Å². The Bertz CT molecular complexity index is 686. The molecule has 2 heteroatoms. The number of rotatable bonds is 5. The van der Waals surface area contributed by atoms with Gasteiger partial charge in [0.15, 0.2) is 5.60 Å². The maximum atomic E-state index is 11.6. The van der Waals surface area contributed by atoms with Gasteiger partial charge in [-0.3, -0.25) is 0 Å². The Hall–Kier alpha value is -2.42. The van der Waals surface area contributed by atoms with Crippen molar-refractivity contribution < 1.29 is 10.8 Å². The van der Waals surface area contributed by atoms with Crippen molar-refractivity contribution in [3.63, 3.8) is 0 Å². The van der Waals surface area contributed by atoms with Crippen molar-refractivity contribution in [2.24, 2.45) is 0 Å². The van der Waals surface area contributed by atoms with Crippen molar-refractivity contribution in [2.45, 2.75) is 18.1 Å². The van der Waals surface area contributed by atoms with E-state index in [-0.39, 0.29) is 6.04 Å². The quantitative estimate of drug-likeness (QED) is 0.748. The lowest BCUT2D eigenvalue weighted by atomic mass is 9.78. The molecule has 1 atom stereocenters. The second-order valence-corrected chi connectivity index (χ2v) is 5.89. The average Bonchev–Trinajstić information content (AvgIpc) is 2.63. The van der Waals surface area contributed by atoms with Crippen LogP contribution in [0.15, 0.2) is 91.0 Å². The van der Waals surface area contributed by atoms with Crippen LogP contribution in [0, 0.1) is 0 Å². The van der Waals surface area contributed by atoms with Crippen LogP contribution < -0.4 is 5.73 Å². The van der Waals surface area contributed by atoms with Crippen LogP contribution in [0.4, 0.5) is 0 Å². The van der Waals surface area contributed by atoms with Crippen molar-refractivity contribution in [3.05, 3.63) is 108 Å². The molecule has 0 fully saturated rings. The summed E-state index contributed by atoms with van der Waals surface area (Å²) in [7, 11) is 0. The third-order valence-corrected chi connectivity index (χ3v) is 4.34. The first-order chi connectivity index (χ1) is 11.2. The number of hydrogen-bond donors (Lipinski definition) is 2. The van der Waals surface area contributed by atoms with Gasteiger partial charge in [0, 0.05) is 6.42 Å². The first kappa shape index (κ1) is 15.5. The highest BCUT2D eigenvalue weighted by Gasteiger charge is 2.40. The number of quaternary nitrogens is 1. The molecule has 3 aromatic rings. The molecular weight excluding hydrogens is 282 g/mol. The molecule has 0 saturated heterocycles. The van der Waals surface area contributed by atoms with Gasteiger partial charge in [-0.15, -0.1) is 0 Å². The van der Waals surface area contributed by atoms with E-state index in [4.69, 9.17) is 0 Å². The van der Waals surface area contributed by atoms with Gasteiger partial charge in [0.05, 0.1) is 0 Å². The SMILES string of the molecule is [NH3+][C@H](Cc1ccccc1)C(O)(c1ccccc1)c1ccccc1. The number of aliphatic hydroxyl groups is 1. The van der Waals surface area contributed by atoms with Gasteiger partial charge in [-0.25, -0.2) is 0 Å². The predicted octanol–water partition coefficient (Wildman–Crippen LogP) is 2.78. The largest absolute Gasteiger partial charge is 0.374 e. The molecule has 0 heterocycles. The molecule has 0 aliphatic heterocycles. The molecule has 116 valence electrons. The topological polar surface area (TPSA) is 47.9 Å². The zero-order valence-electron chi connectivity index (χ0n) is 13.1. The predicted molar refractivity (Wildman–Crippen MR) is 92.7 cm³/mol. The summed E-state index contributed by atoms with van der Waals surface area (Å²) < 4.78 is 0. The van der Waals surface area contributed by atoms with Crippen LogP contribution in [0.25, 0.3) is 0 Å². The fourth-order valence-electron chi connectivity index (χ4n) is 3.07. The monoisotopic (exact) mass is 304 g/mol. The smallest absolute Gasteiger partial charge is 0.166 e. The normalized spacial score (nSPS) is 12.8. The fraction of sp³-hybridized carbons (Fsp3) is 0.143. The molecule has 4 N–H and O–H groups in total. The Morgan fingerprint density at radius 2 is 1.09 bits per heavy atom. The average molecular weight is 304 g/mol. The lowest BCUT2D eigenvalue weighted by Crippen LogP contribution is -2.71. The molecule has 0 radical (unpaired) electrons. The molecule has 0 unspecified atom stereocenters. The lowest BCUT2D eigenvalue weighted by molar-refractivity contribution is -0.451. The molecule has 0 spiro atoms. The molecular formula is C21H22NO+. The summed E-state index contributed by atoms with van der Waals surface area (Å²) in [4.78, 5) is 0. The van der Waals surface area contributed by atoms with Gasteiger partial charge in [0.1, 0.15) is 6.04 Å². The minimum absolute atomic E-state index is 0.199. The molecule has 0 amide bonds. The van der Waals surface area contributed by atoms with Crippen LogP contribution in [0.2, 0.25) is 0 Å². The molecule has 2 nitrogen and oxygen atoms in total. The van der Waals surface area contributed by atoms with E-state index in [1.807, 2.05) is 78.9 Å². The van der Waals surface area contributed by atoms with Crippen molar-refractivity contribution in [2.75, 3.05) is 0 Å². The zero-order valence-corrected chi connectivity index (χ0v) is 13.1. The van der Waals surface area contributed by atoms with E-state index in [1.165, 1.54) is 5.56 Å². The summed E-state index contributed by atoms with van der Waals surface area (Å²) in [6.45, 7) is 0. The van der Waals surface area contributed by atoms with E-state index in [0.717, 1.165) is 11.1 Å². The second-order valence-electron chi connectivity index (χ2n) is 5.89. The van der Waals surface area contributed by atoms with Gasteiger partial charge in [-0.05, 0) is 16.7 Å². The van der Waals surface area contributed by atoms with Crippen LogP contribution >= 0.6 is 0 Å². The standard InChI is InChI=1S/C21H21NO/c22-20(16-17-10-4-1-5-11-17)21(23,18-12-6-2-7-13-18)19-14-8-3-9-15-19/h1-15,20,23H,16,22H2/p+1/t20-/m1/s1. The Labute approximate surface area is 137 Å². The Kier molecular flexibility index (Phi) is 4.56. The molecule has 3 rings (SSSR count). The minimum Gasteiger partial charge on any atom is -0.374 e. The maximum absolute atomic E-state index is 11.6. The summed E-state index contributed by atoms with van der Waals surface area (Å²) in [6.07, 6.45) is 0.709. The first-order valence-electron chi connectivity index (χ1n) is 7.91. The van der Waals surface area contributed by atoms with E-state index < -0.39 is 5.60 Å². The summed E-state index contributed by atoms with van der Waals surface area (Å²) in [5.41, 5.74) is 6.13. The van der Waals surface area contributed by atoms with Crippen LogP contribution in [0.5, 0.6) is 0 Å². The van der Waals surface area contributed by atoms with E-state index in [9.17, 15) is 5.11 Å². The molecule has 23 heavy (non-hydrogen) atoms. The highest BCUT2D eigenvalue weighted by atomic mass is 16.3. The third-order valence-electron chi connectivity index (χ3n) is 4.34. The number of hydrogen-bond acceptors (Lipinski definition) is 1. The lowest BCUT2D eigenvalue weighted by Gasteiger charge is -2.32. The molecule has 3 aromatic carbocycles. The second kappa shape index (κ2) is 6.78. The van der Waals surface area contributed by atoms with Gasteiger partial charge < -0.3 is 10.8 Å². The first-order valence-corrected chi connectivity index (χ1v) is 7.91.